The number of benzene rings is 3. The van der Waals surface area contributed by atoms with Gasteiger partial charge < -0.3 is 19.6 Å². The summed E-state index contributed by atoms with van der Waals surface area (Å²) in [5, 5.41) is 10.4. The molecule has 0 amide bonds. The number of aromatic amines is 1. The Bertz CT molecular complexity index is 1830. The molecule has 3 aromatic carbocycles. The summed E-state index contributed by atoms with van der Waals surface area (Å²) in [4.78, 5) is 33.3. The van der Waals surface area contributed by atoms with Crippen LogP contribution in [0.15, 0.2) is 54.6 Å². The van der Waals surface area contributed by atoms with Gasteiger partial charge in [-0.15, -0.1) is 0 Å². The van der Waals surface area contributed by atoms with E-state index in [0.29, 0.717) is 40.9 Å². The van der Waals surface area contributed by atoms with Crippen LogP contribution in [0.5, 0.6) is 5.75 Å². The van der Waals surface area contributed by atoms with E-state index in [4.69, 9.17) is 14.5 Å². The second-order valence-electron chi connectivity index (χ2n) is 15.5. The standard InChI is InChI=1S/C40H48N2O5/c1-24(2)25-12-15-31-26(20-25)13-17-33-39(6,18-9-19-40(31,33)7)22-30-29(37(44)45)14-16-32-35(30)42-36(41-32)27-10-8-11-28(21-27)46-23-34(43)47-38(3,4)5/h8,10-12,14-16,20-21,24,33H,9,13,17-19,22-23H2,1-7H3,(H,41,42)(H,44,45)/t33-,39+,40+/m0/s1. The predicted molar refractivity (Wildman–Crippen MR) is 185 cm³/mol. The molecule has 2 N–H and O–H groups in total. The van der Waals surface area contributed by atoms with E-state index in [-0.39, 0.29) is 17.4 Å². The van der Waals surface area contributed by atoms with Crippen LogP contribution < -0.4 is 4.74 Å². The summed E-state index contributed by atoms with van der Waals surface area (Å²) in [6, 6.07) is 18.1. The van der Waals surface area contributed by atoms with Crippen LogP contribution in [0.4, 0.5) is 0 Å². The summed E-state index contributed by atoms with van der Waals surface area (Å²) in [6.45, 7) is 14.6. The van der Waals surface area contributed by atoms with Crippen molar-refractivity contribution in [3.8, 4) is 17.1 Å². The van der Waals surface area contributed by atoms with Crippen molar-refractivity contribution < 1.29 is 24.2 Å². The number of aryl methyl sites for hydroxylation is 1. The average molecular weight is 637 g/mol. The fourth-order valence-corrected chi connectivity index (χ4v) is 8.51. The largest absolute Gasteiger partial charge is 0.482 e. The molecule has 0 radical (unpaired) electrons. The van der Waals surface area contributed by atoms with Gasteiger partial charge in [-0.05, 0) is 122 Å². The topological polar surface area (TPSA) is 102 Å². The van der Waals surface area contributed by atoms with Gasteiger partial charge in [0.2, 0.25) is 0 Å². The van der Waals surface area contributed by atoms with Gasteiger partial charge in [0.05, 0.1) is 16.6 Å². The zero-order valence-electron chi connectivity index (χ0n) is 28.8. The molecule has 6 rings (SSSR count). The number of carbonyl (C=O) groups is 2. The number of hydrogen-bond donors (Lipinski definition) is 2. The number of carboxylic acids is 1. The maximum Gasteiger partial charge on any atom is 0.344 e. The van der Waals surface area contributed by atoms with Crippen LogP contribution in [-0.4, -0.2) is 39.2 Å². The Kier molecular flexibility index (Phi) is 8.48. The lowest BCUT2D eigenvalue weighted by molar-refractivity contribution is -0.157. The minimum absolute atomic E-state index is 0.0455. The number of ether oxygens (including phenoxy) is 2. The summed E-state index contributed by atoms with van der Waals surface area (Å²) < 4.78 is 11.1. The molecule has 7 heteroatoms. The van der Waals surface area contributed by atoms with Crippen LogP contribution in [0.25, 0.3) is 22.4 Å². The zero-order valence-corrected chi connectivity index (χ0v) is 28.8. The Morgan fingerprint density at radius 2 is 1.85 bits per heavy atom. The molecule has 0 spiro atoms. The van der Waals surface area contributed by atoms with Crippen molar-refractivity contribution in [2.24, 2.45) is 11.3 Å². The zero-order chi connectivity index (χ0) is 33.7. The predicted octanol–water partition coefficient (Wildman–Crippen LogP) is 9.03. The van der Waals surface area contributed by atoms with Crippen molar-refractivity contribution in [3.63, 3.8) is 0 Å². The lowest BCUT2D eigenvalue weighted by atomic mass is 9.48. The van der Waals surface area contributed by atoms with E-state index in [1.54, 1.807) is 12.1 Å². The number of imidazole rings is 1. The monoisotopic (exact) mass is 636 g/mol. The van der Waals surface area contributed by atoms with E-state index in [9.17, 15) is 14.7 Å². The van der Waals surface area contributed by atoms with Crippen LogP contribution in [0.1, 0.15) is 113 Å². The highest BCUT2D eigenvalue weighted by Crippen LogP contribution is 2.58. The molecule has 0 bridgehead atoms. The first kappa shape index (κ1) is 32.8. The number of H-pyrrole nitrogens is 1. The number of carbonyl (C=O) groups excluding carboxylic acids is 1. The number of esters is 1. The Labute approximate surface area is 278 Å². The number of carboxylic acid groups (broad SMARTS) is 1. The molecule has 3 atom stereocenters. The summed E-state index contributed by atoms with van der Waals surface area (Å²) in [6.07, 6.45) is 6.11. The summed E-state index contributed by atoms with van der Waals surface area (Å²) in [5.41, 5.74) is 7.14. The molecule has 0 aliphatic heterocycles. The highest BCUT2D eigenvalue weighted by atomic mass is 16.6. The fraction of sp³-hybridized carbons (Fsp3) is 0.475. The van der Waals surface area contributed by atoms with E-state index in [0.717, 1.165) is 48.7 Å². The lowest BCUT2D eigenvalue weighted by Gasteiger charge is -2.56. The molecule has 1 fully saturated rings. The van der Waals surface area contributed by atoms with Gasteiger partial charge in [0.1, 0.15) is 17.2 Å². The van der Waals surface area contributed by atoms with Crippen LogP contribution in [0, 0.1) is 11.3 Å². The Morgan fingerprint density at radius 3 is 2.57 bits per heavy atom. The van der Waals surface area contributed by atoms with Crippen molar-refractivity contribution in [2.45, 2.75) is 104 Å². The van der Waals surface area contributed by atoms with Crippen molar-refractivity contribution in [2.75, 3.05) is 6.61 Å². The second-order valence-corrected chi connectivity index (χ2v) is 15.5. The molecule has 2 aliphatic rings. The molecule has 248 valence electrons. The molecule has 1 heterocycles. The number of fused-ring (bicyclic) bond motifs is 4. The second kappa shape index (κ2) is 12.1. The van der Waals surface area contributed by atoms with E-state index < -0.39 is 17.5 Å². The van der Waals surface area contributed by atoms with Crippen molar-refractivity contribution >= 4 is 23.0 Å². The molecular formula is C40H48N2O5. The smallest absolute Gasteiger partial charge is 0.344 e. The van der Waals surface area contributed by atoms with Gasteiger partial charge in [0.15, 0.2) is 6.61 Å². The summed E-state index contributed by atoms with van der Waals surface area (Å²) >= 11 is 0. The third-order valence-corrected chi connectivity index (χ3v) is 10.6. The Hall–Kier alpha value is -4.13. The summed E-state index contributed by atoms with van der Waals surface area (Å²) in [7, 11) is 0. The third kappa shape index (κ3) is 6.41. The first-order valence-electron chi connectivity index (χ1n) is 17.0. The molecule has 4 aromatic rings. The number of aromatic carboxylic acids is 1. The van der Waals surface area contributed by atoms with E-state index in [1.165, 1.54) is 16.7 Å². The normalized spacial score (nSPS) is 22.5. The van der Waals surface area contributed by atoms with Gasteiger partial charge >= 0.3 is 11.9 Å². The fourth-order valence-electron chi connectivity index (χ4n) is 8.51. The number of nitrogens with one attached hydrogen (secondary N) is 1. The molecule has 47 heavy (non-hydrogen) atoms. The van der Waals surface area contributed by atoms with Gasteiger partial charge in [-0.3, -0.25) is 0 Å². The average Bonchev–Trinajstić information content (AvgIpc) is 3.44. The van der Waals surface area contributed by atoms with Crippen LogP contribution in [0.3, 0.4) is 0 Å². The quantitative estimate of drug-likeness (QED) is 0.187. The Morgan fingerprint density at radius 1 is 1.06 bits per heavy atom. The molecule has 0 unspecified atom stereocenters. The maximum absolute atomic E-state index is 12.7. The van der Waals surface area contributed by atoms with Crippen LogP contribution >= 0.6 is 0 Å². The van der Waals surface area contributed by atoms with Crippen molar-refractivity contribution in [1.82, 2.24) is 9.97 Å². The SMILES string of the molecule is CC(C)c1ccc2c(c1)CC[C@H]1[C@@](C)(Cc3c(C(=O)O)ccc4[nH]c(-c5cccc(OCC(=O)OC(C)(C)C)c5)nc34)CCC[C@]21C. The molecular weight excluding hydrogens is 588 g/mol. The van der Waals surface area contributed by atoms with E-state index >= 15 is 0 Å². The van der Waals surface area contributed by atoms with Gasteiger partial charge in [0, 0.05) is 5.56 Å². The Balaban J connectivity index is 1.33. The first-order chi connectivity index (χ1) is 22.2. The maximum atomic E-state index is 12.7. The number of rotatable bonds is 8. The highest BCUT2D eigenvalue weighted by Gasteiger charge is 2.52. The third-order valence-electron chi connectivity index (χ3n) is 10.6. The van der Waals surface area contributed by atoms with Crippen LogP contribution in [0.2, 0.25) is 0 Å². The van der Waals surface area contributed by atoms with Gasteiger partial charge in [0.25, 0.3) is 0 Å². The molecule has 1 aromatic heterocycles. The molecule has 0 saturated heterocycles. The van der Waals surface area contributed by atoms with Crippen molar-refractivity contribution in [1.29, 1.82) is 0 Å². The van der Waals surface area contributed by atoms with E-state index in [2.05, 4.69) is 50.9 Å². The van der Waals surface area contributed by atoms with Gasteiger partial charge in [-0.1, -0.05) is 64.4 Å². The molecule has 2 aliphatic carbocycles. The van der Waals surface area contributed by atoms with E-state index in [1.807, 2.05) is 45.0 Å². The number of aromatic nitrogens is 2. The molecule has 1 saturated carbocycles. The first-order valence-corrected chi connectivity index (χ1v) is 17.0. The van der Waals surface area contributed by atoms with Crippen molar-refractivity contribution in [3.05, 3.63) is 82.4 Å². The number of hydrogen-bond acceptors (Lipinski definition) is 5. The summed E-state index contributed by atoms with van der Waals surface area (Å²) in [5.74, 6) is 0.705. The highest BCUT2D eigenvalue weighted by molar-refractivity contribution is 5.96. The van der Waals surface area contributed by atoms with Gasteiger partial charge in [-0.25, -0.2) is 14.6 Å². The van der Waals surface area contributed by atoms with Crippen LogP contribution in [-0.2, 0) is 27.8 Å². The van der Waals surface area contributed by atoms with Gasteiger partial charge in [-0.2, -0.15) is 0 Å². The minimum Gasteiger partial charge on any atom is -0.482 e. The lowest BCUT2D eigenvalue weighted by Crippen LogP contribution is -2.50. The molecule has 7 nitrogen and oxygen atoms in total. The number of nitrogens with zero attached hydrogens (tertiary/aromatic N) is 1. The minimum atomic E-state index is -0.929.